The first-order valence-corrected chi connectivity index (χ1v) is 7.18. The van der Waals surface area contributed by atoms with Crippen molar-refractivity contribution >= 4 is 17.3 Å². The van der Waals surface area contributed by atoms with Gasteiger partial charge in [-0.25, -0.2) is 9.67 Å². The molecule has 10 heteroatoms. The van der Waals surface area contributed by atoms with Crippen molar-refractivity contribution in [3.63, 3.8) is 0 Å². The van der Waals surface area contributed by atoms with Crippen LogP contribution in [0.2, 0.25) is 5.02 Å². The zero-order valence-electron chi connectivity index (χ0n) is 12.2. The van der Waals surface area contributed by atoms with Crippen LogP contribution in [0.4, 0.5) is 18.9 Å². The lowest BCUT2D eigenvalue weighted by Crippen LogP contribution is -2.09. The molecule has 0 saturated carbocycles. The van der Waals surface area contributed by atoms with Crippen LogP contribution in [0, 0.1) is 10.1 Å². The molecule has 128 valence electrons. The molecule has 0 saturated heterocycles. The third-order valence-corrected chi connectivity index (χ3v) is 3.71. The molecule has 0 fully saturated rings. The zero-order valence-corrected chi connectivity index (χ0v) is 13.0. The number of nitro benzene ring substituents is 1. The maximum Gasteiger partial charge on any atom is 0.417 e. The first-order valence-electron chi connectivity index (χ1n) is 6.80. The standard InChI is InChI=1S/C15H8ClF3N4O2/c16-12-6-5-9(23(24)25)7-13(12)22-14(20-8-21-22)10-3-1-2-4-11(10)15(17,18)19/h1-8H. The molecular formula is C15H8ClF3N4O2. The SMILES string of the molecule is O=[N+]([O-])c1ccc(Cl)c(-n2ncnc2-c2ccccc2C(F)(F)F)c1. The van der Waals surface area contributed by atoms with Crippen molar-refractivity contribution in [2.75, 3.05) is 0 Å². The fraction of sp³-hybridized carbons (Fsp3) is 0.0667. The Morgan fingerprint density at radius 2 is 1.88 bits per heavy atom. The molecule has 0 aliphatic carbocycles. The molecule has 0 unspecified atom stereocenters. The van der Waals surface area contributed by atoms with Crippen LogP contribution in [-0.4, -0.2) is 19.7 Å². The van der Waals surface area contributed by atoms with Gasteiger partial charge >= 0.3 is 6.18 Å². The summed E-state index contributed by atoms with van der Waals surface area (Å²) >= 11 is 6.05. The Kier molecular flexibility index (Phi) is 4.17. The molecule has 0 radical (unpaired) electrons. The van der Waals surface area contributed by atoms with E-state index in [1.165, 1.54) is 30.3 Å². The maximum atomic E-state index is 13.3. The number of non-ortho nitro benzene ring substituents is 1. The van der Waals surface area contributed by atoms with Crippen LogP contribution in [0.3, 0.4) is 0 Å². The summed E-state index contributed by atoms with van der Waals surface area (Å²) < 4.78 is 40.8. The van der Waals surface area contributed by atoms with E-state index in [-0.39, 0.29) is 27.8 Å². The van der Waals surface area contributed by atoms with Crippen molar-refractivity contribution in [2.24, 2.45) is 0 Å². The largest absolute Gasteiger partial charge is 0.417 e. The normalized spacial score (nSPS) is 11.5. The maximum absolute atomic E-state index is 13.3. The number of halogens is 4. The van der Waals surface area contributed by atoms with Crippen LogP contribution in [0.5, 0.6) is 0 Å². The van der Waals surface area contributed by atoms with Gasteiger partial charge in [0.15, 0.2) is 5.82 Å². The second kappa shape index (κ2) is 6.17. The van der Waals surface area contributed by atoms with Crippen molar-refractivity contribution in [1.29, 1.82) is 0 Å². The molecule has 1 aromatic heterocycles. The fourth-order valence-corrected chi connectivity index (χ4v) is 2.50. The number of alkyl halides is 3. The smallest absolute Gasteiger partial charge is 0.258 e. The van der Waals surface area contributed by atoms with Crippen LogP contribution in [0.25, 0.3) is 17.1 Å². The number of hydrogen-bond donors (Lipinski definition) is 0. The van der Waals surface area contributed by atoms with E-state index in [0.717, 1.165) is 23.1 Å². The number of benzene rings is 2. The Labute approximate surface area is 143 Å². The molecule has 0 amide bonds. The van der Waals surface area contributed by atoms with Crippen molar-refractivity contribution in [3.8, 4) is 17.1 Å². The molecular weight excluding hydrogens is 361 g/mol. The van der Waals surface area contributed by atoms with Gasteiger partial charge in [-0.15, -0.1) is 0 Å². The van der Waals surface area contributed by atoms with Gasteiger partial charge in [0, 0.05) is 17.7 Å². The summed E-state index contributed by atoms with van der Waals surface area (Å²) in [4.78, 5) is 14.2. The fourth-order valence-electron chi connectivity index (χ4n) is 2.30. The molecule has 0 bridgehead atoms. The van der Waals surface area contributed by atoms with Crippen molar-refractivity contribution in [3.05, 3.63) is 69.5 Å². The third-order valence-electron chi connectivity index (χ3n) is 3.39. The first-order chi connectivity index (χ1) is 11.8. The van der Waals surface area contributed by atoms with Gasteiger partial charge in [0.05, 0.1) is 21.2 Å². The topological polar surface area (TPSA) is 73.8 Å². The summed E-state index contributed by atoms with van der Waals surface area (Å²) in [5, 5.41) is 14.9. The Hall–Kier alpha value is -2.94. The minimum absolute atomic E-state index is 0.0559. The lowest BCUT2D eigenvalue weighted by Gasteiger charge is -2.13. The molecule has 1 heterocycles. The lowest BCUT2D eigenvalue weighted by atomic mass is 10.1. The number of rotatable bonds is 3. The van der Waals surface area contributed by atoms with Gasteiger partial charge in [-0.1, -0.05) is 29.8 Å². The van der Waals surface area contributed by atoms with Crippen molar-refractivity contribution in [1.82, 2.24) is 14.8 Å². The lowest BCUT2D eigenvalue weighted by molar-refractivity contribution is -0.384. The summed E-state index contributed by atoms with van der Waals surface area (Å²) in [5.74, 6) is -0.129. The van der Waals surface area contributed by atoms with Crippen LogP contribution in [0.15, 0.2) is 48.8 Å². The van der Waals surface area contributed by atoms with E-state index in [2.05, 4.69) is 10.1 Å². The van der Waals surface area contributed by atoms with Crippen LogP contribution >= 0.6 is 11.6 Å². The minimum atomic E-state index is -4.60. The Balaban J connectivity index is 2.22. The highest BCUT2D eigenvalue weighted by Gasteiger charge is 2.34. The molecule has 0 atom stereocenters. The van der Waals surface area contributed by atoms with E-state index in [1.807, 2.05) is 0 Å². The summed E-state index contributed by atoms with van der Waals surface area (Å²) in [7, 11) is 0. The van der Waals surface area contributed by atoms with Gasteiger partial charge in [0.1, 0.15) is 6.33 Å². The van der Waals surface area contributed by atoms with E-state index >= 15 is 0 Å². The summed E-state index contributed by atoms with van der Waals surface area (Å²) in [5.41, 5.74) is -1.33. The monoisotopic (exact) mass is 368 g/mol. The number of hydrogen-bond acceptors (Lipinski definition) is 4. The Morgan fingerprint density at radius 1 is 1.16 bits per heavy atom. The molecule has 3 aromatic rings. The summed E-state index contributed by atoms with van der Waals surface area (Å²) in [6.07, 6.45) is -3.54. The second-order valence-electron chi connectivity index (χ2n) is 4.93. The summed E-state index contributed by atoms with van der Waals surface area (Å²) in [6, 6.07) is 8.43. The van der Waals surface area contributed by atoms with E-state index in [4.69, 9.17) is 11.6 Å². The molecule has 0 spiro atoms. The predicted octanol–water partition coefficient (Wildman–Crippen LogP) is 4.51. The molecule has 25 heavy (non-hydrogen) atoms. The highest BCUT2D eigenvalue weighted by Crippen LogP contribution is 2.37. The Morgan fingerprint density at radius 3 is 2.56 bits per heavy atom. The average Bonchev–Trinajstić information content (AvgIpc) is 3.03. The van der Waals surface area contributed by atoms with Crippen LogP contribution in [0.1, 0.15) is 5.56 Å². The van der Waals surface area contributed by atoms with Gasteiger partial charge in [-0.2, -0.15) is 18.3 Å². The molecule has 6 nitrogen and oxygen atoms in total. The molecule has 3 rings (SSSR count). The van der Waals surface area contributed by atoms with Crippen LogP contribution < -0.4 is 0 Å². The zero-order chi connectivity index (χ0) is 18.2. The highest BCUT2D eigenvalue weighted by molar-refractivity contribution is 6.32. The van der Waals surface area contributed by atoms with E-state index in [1.54, 1.807) is 0 Å². The van der Waals surface area contributed by atoms with E-state index < -0.39 is 16.7 Å². The molecule has 0 aliphatic heterocycles. The van der Waals surface area contributed by atoms with Gasteiger partial charge in [0.2, 0.25) is 0 Å². The van der Waals surface area contributed by atoms with Gasteiger partial charge in [-0.3, -0.25) is 10.1 Å². The quantitative estimate of drug-likeness (QED) is 0.503. The summed E-state index contributed by atoms with van der Waals surface area (Å²) in [6.45, 7) is 0. The van der Waals surface area contributed by atoms with Crippen molar-refractivity contribution in [2.45, 2.75) is 6.18 Å². The van der Waals surface area contributed by atoms with Gasteiger partial charge < -0.3 is 0 Å². The van der Waals surface area contributed by atoms with E-state index in [0.29, 0.717) is 0 Å². The highest BCUT2D eigenvalue weighted by atomic mass is 35.5. The average molecular weight is 369 g/mol. The first kappa shape index (κ1) is 16.9. The predicted molar refractivity (Wildman–Crippen MR) is 83.5 cm³/mol. The van der Waals surface area contributed by atoms with Gasteiger partial charge in [-0.05, 0) is 12.1 Å². The number of nitrogens with zero attached hydrogens (tertiary/aromatic N) is 4. The molecule has 0 aliphatic rings. The van der Waals surface area contributed by atoms with Crippen LogP contribution in [-0.2, 0) is 6.18 Å². The second-order valence-corrected chi connectivity index (χ2v) is 5.34. The number of aromatic nitrogens is 3. The Bertz CT molecular complexity index is 956. The number of nitro groups is 1. The van der Waals surface area contributed by atoms with Gasteiger partial charge in [0.25, 0.3) is 5.69 Å². The third kappa shape index (κ3) is 3.18. The minimum Gasteiger partial charge on any atom is -0.258 e. The van der Waals surface area contributed by atoms with E-state index in [9.17, 15) is 23.3 Å². The van der Waals surface area contributed by atoms with Crippen molar-refractivity contribution < 1.29 is 18.1 Å². The molecule has 0 N–H and O–H groups in total. The molecule has 2 aromatic carbocycles.